The fourth-order valence-electron chi connectivity index (χ4n) is 1.15. The van der Waals surface area contributed by atoms with Crippen LogP contribution in [0, 0.1) is 5.41 Å². The molecule has 2 heteroatoms. The Kier molecular flexibility index (Phi) is 2.32. The van der Waals surface area contributed by atoms with Gasteiger partial charge in [-0.15, -0.1) is 0 Å². The van der Waals surface area contributed by atoms with Crippen LogP contribution in [-0.2, 0) is 4.74 Å². The van der Waals surface area contributed by atoms with Gasteiger partial charge in [-0.3, -0.25) is 0 Å². The lowest BCUT2D eigenvalue weighted by molar-refractivity contribution is 0.198. The minimum absolute atomic E-state index is 0.549. The van der Waals surface area contributed by atoms with Crippen LogP contribution < -0.4 is 5.32 Å². The van der Waals surface area contributed by atoms with E-state index in [1.165, 1.54) is 6.42 Å². The summed E-state index contributed by atoms with van der Waals surface area (Å²) in [5.41, 5.74) is 0.549. The van der Waals surface area contributed by atoms with Crippen molar-refractivity contribution in [2.24, 2.45) is 5.41 Å². The highest BCUT2D eigenvalue weighted by Crippen LogP contribution is 2.44. The molecule has 10 heavy (non-hydrogen) atoms. The zero-order chi connectivity index (χ0) is 7.61. The third-order valence-corrected chi connectivity index (χ3v) is 2.21. The van der Waals surface area contributed by atoms with E-state index in [4.69, 9.17) is 4.74 Å². The van der Waals surface area contributed by atoms with Gasteiger partial charge in [0.1, 0.15) is 0 Å². The molecular weight excluding hydrogens is 126 g/mol. The Morgan fingerprint density at radius 1 is 1.60 bits per heavy atom. The molecule has 1 fully saturated rings. The van der Waals surface area contributed by atoms with Crippen LogP contribution in [-0.4, -0.2) is 26.3 Å². The number of rotatable bonds is 4. The molecule has 1 atom stereocenters. The zero-order valence-corrected chi connectivity index (χ0v) is 7.11. The number of hydrogen-bond donors (Lipinski definition) is 1. The molecule has 1 aliphatic carbocycles. The van der Waals surface area contributed by atoms with Crippen LogP contribution in [0.5, 0.6) is 0 Å². The first-order valence-corrected chi connectivity index (χ1v) is 3.89. The third kappa shape index (κ3) is 1.96. The zero-order valence-electron chi connectivity index (χ0n) is 7.11. The average molecular weight is 143 g/mol. The maximum atomic E-state index is 4.93. The summed E-state index contributed by atoms with van der Waals surface area (Å²) in [7, 11) is 1.74. The highest BCUT2D eigenvalue weighted by Gasteiger charge is 2.44. The summed E-state index contributed by atoms with van der Waals surface area (Å²) in [6, 6.07) is 0.739. The maximum absolute atomic E-state index is 4.93. The van der Waals surface area contributed by atoms with E-state index >= 15 is 0 Å². The van der Waals surface area contributed by atoms with Crippen molar-refractivity contribution in [1.29, 1.82) is 0 Å². The van der Waals surface area contributed by atoms with E-state index in [9.17, 15) is 0 Å². The normalized spacial score (nSPS) is 28.5. The van der Waals surface area contributed by atoms with Crippen LogP contribution in [0.1, 0.15) is 20.3 Å². The summed E-state index contributed by atoms with van der Waals surface area (Å²) in [5, 5.41) is 3.42. The number of methoxy groups -OCH3 is 1. The van der Waals surface area contributed by atoms with E-state index in [1.807, 2.05) is 0 Å². The summed E-state index contributed by atoms with van der Waals surface area (Å²) in [5.74, 6) is 0. The molecule has 60 valence electrons. The maximum Gasteiger partial charge on any atom is 0.0587 e. The van der Waals surface area contributed by atoms with Gasteiger partial charge in [0.05, 0.1) is 6.61 Å². The highest BCUT2D eigenvalue weighted by molar-refractivity contribution is 5.01. The summed E-state index contributed by atoms with van der Waals surface area (Å²) in [6.45, 7) is 6.39. The van der Waals surface area contributed by atoms with Crippen LogP contribution >= 0.6 is 0 Å². The summed E-state index contributed by atoms with van der Waals surface area (Å²) >= 11 is 0. The second kappa shape index (κ2) is 2.89. The summed E-state index contributed by atoms with van der Waals surface area (Å²) in [6.07, 6.45) is 1.32. The van der Waals surface area contributed by atoms with E-state index in [2.05, 4.69) is 19.2 Å². The molecule has 1 aliphatic rings. The number of hydrogen-bond acceptors (Lipinski definition) is 2. The van der Waals surface area contributed by atoms with Crippen LogP contribution in [0.15, 0.2) is 0 Å². The Hall–Kier alpha value is -0.0800. The first-order chi connectivity index (χ1) is 4.67. The van der Waals surface area contributed by atoms with Gasteiger partial charge < -0.3 is 10.1 Å². The second-order valence-corrected chi connectivity index (χ2v) is 3.69. The lowest BCUT2D eigenvalue weighted by atomic mass is 10.2. The molecule has 1 saturated carbocycles. The molecule has 1 N–H and O–H groups in total. The Labute approximate surface area is 63.0 Å². The molecule has 0 saturated heterocycles. The SMILES string of the molecule is COCCNC1CC1(C)C. The van der Waals surface area contributed by atoms with Crippen LogP contribution in [0.4, 0.5) is 0 Å². The largest absolute Gasteiger partial charge is 0.383 e. The topological polar surface area (TPSA) is 21.3 Å². The van der Waals surface area contributed by atoms with Crippen molar-refractivity contribution in [1.82, 2.24) is 5.32 Å². The van der Waals surface area contributed by atoms with Crippen LogP contribution in [0.2, 0.25) is 0 Å². The van der Waals surface area contributed by atoms with Crippen LogP contribution in [0.25, 0.3) is 0 Å². The van der Waals surface area contributed by atoms with Gasteiger partial charge in [-0.25, -0.2) is 0 Å². The number of nitrogens with one attached hydrogen (secondary N) is 1. The lowest BCUT2D eigenvalue weighted by Gasteiger charge is -2.04. The molecule has 0 heterocycles. The van der Waals surface area contributed by atoms with E-state index in [0.29, 0.717) is 5.41 Å². The summed E-state index contributed by atoms with van der Waals surface area (Å²) < 4.78 is 4.93. The van der Waals surface area contributed by atoms with Gasteiger partial charge in [-0.05, 0) is 11.8 Å². The minimum atomic E-state index is 0.549. The van der Waals surface area contributed by atoms with Crippen molar-refractivity contribution in [3.8, 4) is 0 Å². The fraction of sp³-hybridized carbons (Fsp3) is 1.00. The molecular formula is C8H17NO. The molecule has 0 amide bonds. The molecule has 0 aromatic heterocycles. The van der Waals surface area contributed by atoms with Gasteiger partial charge >= 0.3 is 0 Å². The van der Waals surface area contributed by atoms with E-state index < -0.39 is 0 Å². The first kappa shape index (κ1) is 8.02. The smallest absolute Gasteiger partial charge is 0.0587 e. The number of ether oxygens (including phenoxy) is 1. The van der Waals surface area contributed by atoms with Crippen molar-refractivity contribution >= 4 is 0 Å². The average Bonchev–Trinajstić information content (AvgIpc) is 2.41. The van der Waals surface area contributed by atoms with E-state index in [0.717, 1.165) is 19.2 Å². The molecule has 0 aromatic rings. The standard InChI is InChI=1S/C8H17NO/c1-8(2)6-7(8)9-4-5-10-3/h7,9H,4-6H2,1-3H3. The molecule has 0 aromatic carbocycles. The molecule has 1 rings (SSSR count). The third-order valence-electron chi connectivity index (χ3n) is 2.21. The van der Waals surface area contributed by atoms with Crippen molar-refractivity contribution in [2.75, 3.05) is 20.3 Å². The quantitative estimate of drug-likeness (QED) is 0.593. The van der Waals surface area contributed by atoms with Gasteiger partial charge in [-0.1, -0.05) is 13.8 Å². The van der Waals surface area contributed by atoms with Gasteiger partial charge in [0.25, 0.3) is 0 Å². The Balaban J connectivity index is 1.97. The van der Waals surface area contributed by atoms with Crippen molar-refractivity contribution in [3.63, 3.8) is 0 Å². The van der Waals surface area contributed by atoms with Crippen molar-refractivity contribution < 1.29 is 4.74 Å². The molecule has 1 unspecified atom stereocenters. The Morgan fingerprint density at radius 3 is 2.60 bits per heavy atom. The first-order valence-electron chi connectivity index (χ1n) is 3.89. The van der Waals surface area contributed by atoms with Crippen molar-refractivity contribution in [3.05, 3.63) is 0 Å². The predicted octanol–water partition coefficient (Wildman–Crippen LogP) is 1.02. The minimum Gasteiger partial charge on any atom is -0.383 e. The fourth-order valence-corrected chi connectivity index (χ4v) is 1.15. The van der Waals surface area contributed by atoms with Gasteiger partial charge in [0.2, 0.25) is 0 Å². The van der Waals surface area contributed by atoms with E-state index in [-0.39, 0.29) is 0 Å². The van der Waals surface area contributed by atoms with Gasteiger partial charge in [0, 0.05) is 19.7 Å². The molecule has 0 bridgehead atoms. The van der Waals surface area contributed by atoms with Gasteiger partial charge in [0.15, 0.2) is 0 Å². The monoisotopic (exact) mass is 143 g/mol. The van der Waals surface area contributed by atoms with Crippen LogP contribution in [0.3, 0.4) is 0 Å². The van der Waals surface area contributed by atoms with Crippen molar-refractivity contribution in [2.45, 2.75) is 26.3 Å². The molecule has 2 nitrogen and oxygen atoms in total. The predicted molar refractivity (Wildman–Crippen MR) is 42.1 cm³/mol. The lowest BCUT2D eigenvalue weighted by Crippen LogP contribution is -2.24. The molecule has 0 spiro atoms. The Bertz CT molecular complexity index is 112. The summed E-state index contributed by atoms with van der Waals surface area (Å²) in [4.78, 5) is 0. The molecule has 0 aliphatic heterocycles. The second-order valence-electron chi connectivity index (χ2n) is 3.69. The molecule has 0 radical (unpaired) electrons. The van der Waals surface area contributed by atoms with E-state index in [1.54, 1.807) is 7.11 Å². The Morgan fingerprint density at radius 2 is 2.20 bits per heavy atom. The highest BCUT2D eigenvalue weighted by atomic mass is 16.5. The van der Waals surface area contributed by atoms with Gasteiger partial charge in [-0.2, -0.15) is 0 Å².